The van der Waals surface area contributed by atoms with Crippen molar-refractivity contribution in [3.63, 3.8) is 0 Å². The van der Waals surface area contributed by atoms with Gasteiger partial charge in [0.05, 0.1) is 6.54 Å². The van der Waals surface area contributed by atoms with E-state index in [1.807, 2.05) is 41.7 Å². The minimum atomic E-state index is 0.0546. The zero-order chi connectivity index (χ0) is 15.6. The van der Waals surface area contributed by atoms with E-state index >= 15 is 0 Å². The molecule has 4 heteroatoms. The summed E-state index contributed by atoms with van der Waals surface area (Å²) in [7, 11) is 0. The minimum absolute atomic E-state index is 0.0546. The highest BCUT2D eigenvalue weighted by Crippen LogP contribution is 2.24. The number of thiophene rings is 1. The molecule has 1 aliphatic rings. The molecule has 0 saturated carbocycles. The number of carbonyl (C=O) groups excluding carboxylic acids is 1. The smallest absolute Gasteiger partial charge is 0.238 e. The maximum absolute atomic E-state index is 12.3. The Morgan fingerprint density at radius 2 is 2.00 bits per heavy atom. The van der Waals surface area contributed by atoms with E-state index in [2.05, 4.69) is 33.8 Å². The summed E-state index contributed by atoms with van der Waals surface area (Å²) in [6.07, 6.45) is 1.05. The molecule has 116 valence electrons. The summed E-state index contributed by atoms with van der Waals surface area (Å²) in [5, 5.41) is 7.49. The van der Waals surface area contributed by atoms with Crippen molar-refractivity contribution in [2.24, 2.45) is 0 Å². The highest BCUT2D eigenvalue weighted by atomic mass is 32.1. The van der Waals surface area contributed by atoms with Crippen molar-refractivity contribution >= 4 is 33.7 Å². The molecule has 0 aliphatic carbocycles. The highest BCUT2D eigenvalue weighted by molar-refractivity contribution is 7.10. The van der Waals surface area contributed by atoms with E-state index in [0.29, 0.717) is 6.54 Å². The van der Waals surface area contributed by atoms with Crippen molar-refractivity contribution in [2.45, 2.75) is 13.0 Å². The molecule has 0 radical (unpaired) electrons. The molecule has 1 amide bonds. The predicted octanol–water partition coefficient (Wildman–Crippen LogP) is 3.90. The van der Waals surface area contributed by atoms with Crippen LogP contribution in [0.15, 0.2) is 53.9 Å². The van der Waals surface area contributed by atoms with Crippen LogP contribution in [0.3, 0.4) is 0 Å². The molecule has 3 aromatic rings. The average Bonchev–Trinajstić information content (AvgIpc) is 3.02. The van der Waals surface area contributed by atoms with Crippen molar-refractivity contribution < 1.29 is 4.79 Å². The van der Waals surface area contributed by atoms with Crippen LogP contribution < -0.4 is 5.32 Å². The zero-order valence-electron chi connectivity index (χ0n) is 12.8. The van der Waals surface area contributed by atoms with Gasteiger partial charge in [0.25, 0.3) is 0 Å². The molecular weight excluding hydrogens is 304 g/mol. The first-order chi connectivity index (χ1) is 11.3. The summed E-state index contributed by atoms with van der Waals surface area (Å²) in [4.78, 5) is 16.0. The van der Waals surface area contributed by atoms with Crippen LogP contribution in [0.2, 0.25) is 0 Å². The monoisotopic (exact) mass is 322 g/mol. The number of fused-ring (bicyclic) bond motifs is 2. The maximum atomic E-state index is 12.3. The number of rotatable bonds is 3. The van der Waals surface area contributed by atoms with E-state index in [0.717, 1.165) is 30.6 Å². The number of hydrogen-bond donors (Lipinski definition) is 1. The van der Waals surface area contributed by atoms with Gasteiger partial charge >= 0.3 is 0 Å². The van der Waals surface area contributed by atoms with Crippen LogP contribution in [0.1, 0.15) is 10.4 Å². The number of carbonyl (C=O) groups is 1. The Labute approximate surface area is 139 Å². The van der Waals surface area contributed by atoms with Gasteiger partial charge in [-0.1, -0.05) is 30.3 Å². The summed E-state index contributed by atoms with van der Waals surface area (Å²) < 4.78 is 0. The molecule has 0 fully saturated rings. The first kappa shape index (κ1) is 14.4. The van der Waals surface area contributed by atoms with Gasteiger partial charge in [-0.05, 0) is 46.3 Å². The lowest BCUT2D eigenvalue weighted by Gasteiger charge is -2.26. The summed E-state index contributed by atoms with van der Waals surface area (Å²) >= 11 is 1.82. The first-order valence-electron chi connectivity index (χ1n) is 7.84. The molecule has 0 unspecified atom stereocenters. The second-order valence-electron chi connectivity index (χ2n) is 5.94. The molecule has 0 bridgehead atoms. The topological polar surface area (TPSA) is 32.3 Å². The third-order valence-electron chi connectivity index (χ3n) is 4.29. The van der Waals surface area contributed by atoms with E-state index in [1.54, 1.807) is 0 Å². The van der Waals surface area contributed by atoms with Gasteiger partial charge in [0.1, 0.15) is 0 Å². The Bertz CT molecular complexity index is 855. The third-order valence-corrected chi connectivity index (χ3v) is 5.31. The second kappa shape index (κ2) is 6.14. The lowest BCUT2D eigenvalue weighted by Crippen LogP contribution is -2.36. The van der Waals surface area contributed by atoms with Crippen LogP contribution in [0.5, 0.6) is 0 Å². The van der Waals surface area contributed by atoms with Crippen LogP contribution in [0.25, 0.3) is 10.8 Å². The Balaban J connectivity index is 1.41. The molecule has 1 N–H and O–H groups in total. The van der Waals surface area contributed by atoms with Crippen molar-refractivity contribution in [2.75, 3.05) is 18.4 Å². The SMILES string of the molecule is O=C(CN1CCc2sccc2C1)Nc1ccc2ccccc2c1. The van der Waals surface area contributed by atoms with Crippen LogP contribution >= 0.6 is 11.3 Å². The molecule has 3 nitrogen and oxygen atoms in total. The molecule has 0 saturated heterocycles. The van der Waals surface area contributed by atoms with Gasteiger partial charge in [0.15, 0.2) is 0 Å². The van der Waals surface area contributed by atoms with Gasteiger partial charge in [-0.3, -0.25) is 9.69 Å². The normalized spacial score (nSPS) is 14.6. The molecule has 4 rings (SSSR count). The fourth-order valence-electron chi connectivity index (χ4n) is 3.11. The molecule has 0 spiro atoms. The zero-order valence-corrected chi connectivity index (χ0v) is 13.6. The maximum Gasteiger partial charge on any atom is 0.238 e. The quantitative estimate of drug-likeness (QED) is 0.793. The highest BCUT2D eigenvalue weighted by Gasteiger charge is 2.19. The lowest BCUT2D eigenvalue weighted by atomic mass is 10.1. The minimum Gasteiger partial charge on any atom is -0.325 e. The number of hydrogen-bond acceptors (Lipinski definition) is 3. The summed E-state index contributed by atoms with van der Waals surface area (Å²) in [6.45, 7) is 2.28. The summed E-state index contributed by atoms with van der Waals surface area (Å²) in [6, 6.07) is 16.4. The van der Waals surface area contributed by atoms with Gasteiger partial charge in [-0.2, -0.15) is 0 Å². The molecule has 2 aromatic carbocycles. The van der Waals surface area contributed by atoms with Crippen LogP contribution in [-0.2, 0) is 17.8 Å². The lowest BCUT2D eigenvalue weighted by molar-refractivity contribution is -0.117. The van der Waals surface area contributed by atoms with Gasteiger partial charge in [-0.15, -0.1) is 11.3 Å². The number of nitrogens with one attached hydrogen (secondary N) is 1. The van der Waals surface area contributed by atoms with Crippen molar-refractivity contribution in [3.05, 3.63) is 64.4 Å². The number of nitrogens with zero attached hydrogens (tertiary/aromatic N) is 1. The van der Waals surface area contributed by atoms with Gasteiger partial charge in [0.2, 0.25) is 5.91 Å². The fourth-order valence-corrected chi connectivity index (χ4v) is 4.00. The molecule has 0 atom stereocenters. The standard InChI is InChI=1S/C19H18N2OS/c22-19(13-21-9-7-18-16(12-21)8-10-23-18)20-17-6-5-14-3-1-2-4-15(14)11-17/h1-6,8,10-11H,7,9,12-13H2,(H,20,22). The third kappa shape index (κ3) is 3.14. The van der Waals surface area contributed by atoms with Crippen LogP contribution in [-0.4, -0.2) is 23.9 Å². The van der Waals surface area contributed by atoms with E-state index in [-0.39, 0.29) is 5.91 Å². The van der Waals surface area contributed by atoms with E-state index in [1.165, 1.54) is 15.8 Å². The summed E-state index contributed by atoms with van der Waals surface area (Å²) in [5.41, 5.74) is 2.24. The van der Waals surface area contributed by atoms with Crippen molar-refractivity contribution in [1.29, 1.82) is 0 Å². The predicted molar refractivity (Wildman–Crippen MR) is 95.9 cm³/mol. The molecule has 1 aliphatic heterocycles. The molecule has 2 heterocycles. The Morgan fingerprint density at radius 3 is 2.91 bits per heavy atom. The Hall–Kier alpha value is -2.17. The Morgan fingerprint density at radius 1 is 1.13 bits per heavy atom. The number of amides is 1. The average molecular weight is 322 g/mol. The summed E-state index contributed by atoms with van der Waals surface area (Å²) in [5.74, 6) is 0.0546. The fraction of sp³-hybridized carbons (Fsp3) is 0.211. The second-order valence-corrected chi connectivity index (χ2v) is 6.94. The first-order valence-corrected chi connectivity index (χ1v) is 8.72. The molecule has 23 heavy (non-hydrogen) atoms. The molecular formula is C19H18N2OS. The van der Waals surface area contributed by atoms with Gasteiger partial charge < -0.3 is 5.32 Å². The van der Waals surface area contributed by atoms with Crippen LogP contribution in [0, 0.1) is 0 Å². The number of anilines is 1. The largest absolute Gasteiger partial charge is 0.325 e. The van der Waals surface area contributed by atoms with Crippen LogP contribution in [0.4, 0.5) is 5.69 Å². The number of benzene rings is 2. The van der Waals surface area contributed by atoms with E-state index in [4.69, 9.17) is 0 Å². The van der Waals surface area contributed by atoms with E-state index in [9.17, 15) is 4.79 Å². The van der Waals surface area contributed by atoms with Gasteiger partial charge in [0, 0.05) is 23.7 Å². The van der Waals surface area contributed by atoms with Gasteiger partial charge in [-0.25, -0.2) is 0 Å². The van der Waals surface area contributed by atoms with Crippen molar-refractivity contribution in [1.82, 2.24) is 4.90 Å². The van der Waals surface area contributed by atoms with E-state index < -0.39 is 0 Å². The van der Waals surface area contributed by atoms with Crippen molar-refractivity contribution in [3.8, 4) is 0 Å². The Kier molecular flexibility index (Phi) is 3.85. The molecule has 1 aromatic heterocycles.